The first-order valence-electron chi connectivity index (χ1n) is 7.73. The molecule has 25 heavy (non-hydrogen) atoms. The fourth-order valence-electron chi connectivity index (χ4n) is 2.70. The summed E-state index contributed by atoms with van der Waals surface area (Å²) in [5, 5.41) is 2.77. The van der Waals surface area contributed by atoms with E-state index in [0.717, 1.165) is 11.0 Å². The summed E-state index contributed by atoms with van der Waals surface area (Å²) < 4.78 is 8.42. The monoisotopic (exact) mass is 336 g/mol. The van der Waals surface area contributed by atoms with Crippen molar-refractivity contribution in [3.05, 3.63) is 67.0 Å². The molecular formula is C19H18N3O3+. The number of hydrogen-bond acceptors (Lipinski definition) is 3. The number of benzene rings is 2. The number of methoxy groups -OCH3 is 1. The van der Waals surface area contributed by atoms with Gasteiger partial charge < -0.3 is 10.1 Å². The number of nitrogens with zero attached hydrogens (tertiary/aromatic N) is 2. The fourth-order valence-corrected chi connectivity index (χ4v) is 2.70. The Morgan fingerprint density at radius 1 is 1.20 bits per heavy atom. The second kappa shape index (κ2) is 7.00. The zero-order chi connectivity index (χ0) is 17.8. The zero-order valence-electron chi connectivity index (χ0n) is 13.8. The van der Waals surface area contributed by atoms with Crippen molar-refractivity contribution in [2.24, 2.45) is 0 Å². The number of amides is 1. The van der Waals surface area contributed by atoms with Crippen molar-refractivity contribution < 1.29 is 18.9 Å². The van der Waals surface area contributed by atoms with Crippen LogP contribution >= 0.6 is 0 Å². The molecule has 3 rings (SSSR count). The first kappa shape index (κ1) is 16.4. The number of para-hydroxylation sites is 3. The molecule has 1 aromatic heterocycles. The lowest BCUT2D eigenvalue weighted by Gasteiger charge is -2.08. The van der Waals surface area contributed by atoms with Gasteiger partial charge in [-0.15, -0.1) is 0 Å². The van der Waals surface area contributed by atoms with Gasteiger partial charge in [0.05, 0.1) is 24.6 Å². The van der Waals surface area contributed by atoms with E-state index in [1.165, 1.54) is 7.11 Å². The van der Waals surface area contributed by atoms with Crippen LogP contribution in [0.25, 0.3) is 17.2 Å². The van der Waals surface area contributed by atoms with Gasteiger partial charge in [-0.05, 0) is 24.3 Å². The van der Waals surface area contributed by atoms with Crippen LogP contribution < -0.4 is 9.88 Å². The number of carbonyl (C=O) groups is 2. The third-order valence-electron chi connectivity index (χ3n) is 3.85. The van der Waals surface area contributed by atoms with Crippen LogP contribution in [0, 0.1) is 0 Å². The Bertz CT molecular complexity index is 959. The summed E-state index contributed by atoms with van der Waals surface area (Å²) in [6.45, 7) is 3.89. The Morgan fingerprint density at radius 2 is 1.92 bits per heavy atom. The summed E-state index contributed by atoms with van der Waals surface area (Å²) in [6, 6.07) is 14.5. The molecule has 0 aliphatic rings. The highest BCUT2D eigenvalue weighted by molar-refractivity contribution is 6.01. The third-order valence-corrected chi connectivity index (χ3v) is 3.85. The number of nitrogens with one attached hydrogen (secondary N) is 1. The van der Waals surface area contributed by atoms with Crippen LogP contribution in [-0.2, 0) is 16.1 Å². The van der Waals surface area contributed by atoms with Gasteiger partial charge in [0.15, 0.2) is 17.6 Å². The van der Waals surface area contributed by atoms with Gasteiger partial charge in [0.25, 0.3) is 5.91 Å². The lowest BCUT2D eigenvalue weighted by molar-refractivity contribution is -0.658. The molecule has 126 valence electrons. The van der Waals surface area contributed by atoms with Gasteiger partial charge >= 0.3 is 5.97 Å². The van der Waals surface area contributed by atoms with Crippen LogP contribution in [0.4, 0.5) is 5.69 Å². The number of fused-ring (bicyclic) bond motifs is 1. The molecule has 1 heterocycles. The van der Waals surface area contributed by atoms with Crippen molar-refractivity contribution in [2.45, 2.75) is 6.54 Å². The second-order valence-corrected chi connectivity index (χ2v) is 5.41. The van der Waals surface area contributed by atoms with Crippen molar-refractivity contribution in [3.63, 3.8) is 0 Å². The molecule has 0 aliphatic heterocycles. The van der Waals surface area contributed by atoms with Crippen LogP contribution in [0.5, 0.6) is 0 Å². The van der Waals surface area contributed by atoms with E-state index in [9.17, 15) is 9.59 Å². The van der Waals surface area contributed by atoms with E-state index in [4.69, 9.17) is 4.74 Å². The lowest BCUT2D eigenvalue weighted by Crippen LogP contribution is -2.39. The summed E-state index contributed by atoms with van der Waals surface area (Å²) in [7, 11) is 1.31. The summed E-state index contributed by atoms with van der Waals surface area (Å²) in [6.07, 6.45) is 3.49. The molecule has 0 radical (unpaired) electrons. The minimum absolute atomic E-state index is 0.108. The Kier molecular flexibility index (Phi) is 4.61. The minimum Gasteiger partial charge on any atom is -0.465 e. The highest BCUT2D eigenvalue weighted by atomic mass is 16.5. The van der Waals surface area contributed by atoms with Gasteiger partial charge in [-0.3, -0.25) is 4.79 Å². The largest absolute Gasteiger partial charge is 0.465 e. The van der Waals surface area contributed by atoms with Gasteiger partial charge in [0.1, 0.15) is 0 Å². The molecule has 2 aromatic carbocycles. The SMILES string of the molecule is C=Cn1c[n+](CC(=O)Nc2ccccc2C(=O)OC)c2ccccc21. The number of carbonyl (C=O) groups excluding carboxylic acids is 2. The van der Waals surface area contributed by atoms with E-state index in [-0.39, 0.29) is 12.5 Å². The molecule has 0 spiro atoms. The molecule has 0 unspecified atom stereocenters. The van der Waals surface area contributed by atoms with Gasteiger partial charge in [-0.1, -0.05) is 30.8 Å². The maximum absolute atomic E-state index is 12.5. The van der Waals surface area contributed by atoms with Crippen LogP contribution in [0.3, 0.4) is 0 Å². The lowest BCUT2D eigenvalue weighted by atomic mass is 10.2. The molecule has 0 bridgehead atoms. The number of anilines is 1. The van der Waals surface area contributed by atoms with E-state index in [1.54, 1.807) is 30.5 Å². The van der Waals surface area contributed by atoms with Gasteiger partial charge in [0, 0.05) is 0 Å². The number of rotatable bonds is 5. The number of esters is 1. The first-order chi connectivity index (χ1) is 12.1. The summed E-state index contributed by atoms with van der Waals surface area (Å²) in [5.41, 5.74) is 2.61. The Balaban J connectivity index is 1.85. The number of imidazole rings is 1. The van der Waals surface area contributed by atoms with Crippen molar-refractivity contribution in [3.8, 4) is 0 Å². The summed E-state index contributed by atoms with van der Waals surface area (Å²) in [4.78, 5) is 24.3. The maximum Gasteiger partial charge on any atom is 0.339 e. The van der Waals surface area contributed by atoms with Crippen molar-refractivity contribution >= 4 is 34.8 Å². The Hall–Kier alpha value is -3.41. The molecule has 3 aromatic rings. The Morgan fingerprint density at radius 3 is 2.68 bits per heavy atom. The molecule has 0 aliphatic carbocycles. The highest BCUT2D eigenvalue weighted by Gasteiger charge is 2.18. The molecule has 0 saturated carbocycles. The normalized spacial score (nSPS) is 10.4. The standard InChI is InChI=1S/C19H17N3O3/c1-3-21-13-22(17-11-7-6-10-16(17)21)12-18(23)20-15-9-5-4-8-14(15)19(24)25-2/h3-11,13H,1,12H2,2H3/p+1. The van der Waals surface area contributed by atoms with E-state index in [2.05, 4.69) is 11.9 Å². The van der Waals surface area contributed by atoms with Gasteiger partial charge in [-0.25, -0.2) is 13.9 Å². The van der Waals surface area contributed by atoms with Gasteiger partial charge in [-0.2, -0.15) is 0 Å². The quantitative estimate of drug-likeness (QED) is 0.575. The number of ether oxygens (including phenoxy) is 1. The van der Waals surface area contributed by atoms with Gasteiger partial charge in [0.2, 0.25) is 6.33 Å². The molecule has 0 atom stereocenters. The Labute approximate surface area is 145 Å². The van der Waals surface area contributed by atoms with Crippen LogP contribution in [0.15, 0.2) is 61.4 Å². The van der Waals surface area contributed by atoms with E-state index in [1.807, 2.05) is 39.7 Å². The predicted octanol–water partition coefficient (Wildman–Crippen LogP) is 2.45. The van der Waals surface area contributed by atoms with E-state index >= 15 is 0 Å². The van der Waals surface area contributed by atoms with E-state index in [0.29, 0.717) is 11.3 Å². The highest BCUT2D eigenvalue weighted by Crippen LogP contribution is 2.16. The molecule has 1 N–H and O–H groups in total. The average molecular weight is 336 g/mol. The molecule has 6 nitrogen and oxygen atoms in total. The second-order valence-electron chi connectivity index (χ2n) is 5.41. The molecular weight excluding hydrogens is 318 g/mol. The van der Waals surface area contributed by atoms with Crippen molar-refractivity contribution in [1.82, 2.24) is 4.57 Å². The van der Waals surface area contributed by atoms with Crippen LogP contribution in [0.1, 0.15) is 10.4 Å². The molecule has 0 fully saturated rings. The number of aromatic nitrogens is 2. The summed E-state index contributed by atoms with van der Waals surface area (Å²) >= 11 is 0. The van der Waals surface area contributed by atoms with E-state index < -0.39 is 5.97 Å². The minimum atomic E-state index is -0.494. The fraction of sp³-hybridized carbons (Fsp3) is 0.105. The smallest absolute Gasteiger partial charge is 0.339 e. The van der Waals surface area contributed by atoms with Crippen LogP contribution in [-0.4, -0.2) is 23.6 Å². The van der Waals surface area contributed by atoms with Crippen LogP contribution in [0.2, 0.25) is 0 Å². The average Bonchev–Trinajstić information content (AvgIpc) is 2.99. The molecule has 1 amide bonds. The predicted molar refractivity (Wildman–Crippen MR) is 94.9 cm³/mol. The van der Waals surface area contributed by atoms with Crippen molar-refractivity contribution in [1.29, 1.82) is 0 Å². The summed E-state index contributed by atoms with van der Waals surface area (Å²) in [5.74, 6) is -0.736. The first-order valence-corrected chi connectivity index (χ1v) is 7.73. The number of hydrogen-bond donors (Lipinski definition) is 1. The molecule has 0 saturated heterocycles. The maximum atomic E-state index is 12.5. The zero-order valence-corrected chi connectivity index (χ0v) is 13.8. The third kappa shape index (κ3) is 3.28. The molecule has 6 heteroatoms. The topological polar surface area (TPSA) is 64.2 Å². The van der Waals surface area contributed by atoms with Crippen molar-refractivity contribution in [2.75, 3.05) is 12.4 Å².